The molecule has 0 bridgehead atoms. The second kappa shape index (κ2) is 8.54. The van der Waals surface area contributed by atoms with E-state index in [-0.39, 0.29) is 24.9 Å². The summed E-state index contributed by atoms with van der Waals surface area (Å²) in [4.78, 5) is 26.0. The average Bonchev–Trinajstić information content (AvgIpc) is 2.45. The van der Waals surface area contributed by atoms with Crippen molar-refractivity contribution in [2.45, 2.75) is 26.9 Å². The topological polar surface area (TPSA) is 58.6 Å². The molecule has 1 rings (SSSR count). The summed E-state index contributed by atoms with van der Waals surface area (Å²) in [5.41, 5.74) is 0.157. The molecule has 0 radical (unpaired) electrons. The first kappa shape index (κ1) is 18.2. The van der Waals surface area contributed by atoms with E-state index in [4.69, 9.17) is 4.74 Å². The number of likely N-dealkylation sites (N-methyl/N-ethyl adjacent to an activating group) is 1. The summed E-state index contributed by atoms with van der Waals surface area (Å²) in [6.07, 6.45) is 0.0631. The van der Waals surface area contributed by atoms with Gasteiger partial charge in [0.25, 0.3) is 0 Å². The Balaban J connectivity index is 2.38. The van der Waals surface area contributed by atoms with Crippen molar-refractivity contribution < 1.29 is 14.3 Å². The summed E-state index contributed by atoms with van der Waals surface area (Å²) < 4.78 is 5.23. The van der Waals surface area contributed by atoms with Gasteiger partial charge in [-0.1, -0.05) is 44.2 Å². The van der Waals surface area contributed by atoms with Gasteiger partial charge in [0.1, 0.15) is 6.61 Å². The van der Waals surface area contributed by atoms with Crippen molar-refractivity contribution in [1.82, 2.24) is 10.2 Å². The molecule has 5 nitrogen and oxygen atoms in total. The molecule has 0 saturated carbocycles. The number of ether oxygens (including phenoxy) is 1. The van der Waals surface area contributed by atoms with Gasteiger partial charge in [0.15, 0.2) is 0 Å². The van der Waals surface area contributed by atoms with Crippen LogP contribution in [0.3, 0.4) is 0 Å². The number of amides is 1. The van der Waals surface area contributed by atoms with Crippen LogP contribution in [0.4, 0.5) is 0 Å². The van der Waals surface area contributed by atoms with E-state index < -0.39 is 5.41 Å². The summed E-state index contributed by atoms with van der Waals surface area (Å²) in [7, 11) is 3.89. The molecule has 1 amide bonds. The number of hydrogen-bond acceptors (Lipinski definition) is 4. The number of benzene rings is 1. The van der Waals surface area contributed by atoms with Crippen LogP contribution in [-0.4, -0.2) is 44.0 Å². The van der Waals surface area contributed by atoms with Crippen molar-refractivity contribution in [3.05, 3.63) is 35.9 Å². The molecule has 22 heavy (non-hydrogen) atoms. The molecule has 0 saturated heterocycles. The molecule has 1 N–H and O–H groups in total. The fourth-order valence-corrected chi connectivity index (χ4v) is 1.86. The van der Waals surface area contributed by atoms with Crippen molar-refractivity contribution in [1.29, 1.82) is 0 Å². The Kier molecular flexibility index (Phi) is 7.05. The Bertz CT molecular complexity index is 484. The number of nitrogens with zero attached hydrogens (tertiary/aromatic N) is 1. The van der Waals surface area contributed by atoms with Gasteiger partial charge in [-0.25, -0.2) is 0 Å². The summed E-state index contributed by atoms with van der Waals surface area (Å²) in [6.45, 7) is 5.07. The zero-order chi connectivity index (χ0) is 16.6. The largest absolute Gasteiger partial charge is 0.461 e. The molecule has 1 aromatic carbocycles. The first-order chi connectivity index (χ1) is 10.3. The van der Waals surface area contributed by atoms with Crippen molar-refractivity contribution >= 4 is 11.9 Å². The molecule has 0 aliphatic rings. The quantitative estimate of drug-likeness (QED) is 0.744. The van der Waals surface area contributed by atoms with Crippen LogP contribution in [0.2, 0.25) is 0 Å². The highest BCUT2D eigenvalue weighted by Gasteiger charge is 2.31. The van der Waals surface area contributed by atoms with Crippen molar-refractivity contribution in [2.75, 3.05) is 27.2 Å². The third-order valence-electron chi connectivity index (χ3n) is 3.29. The maximum atomic E-state index is 12.1. The van der Waals surface area contributed by atoms with Crippen LogP contribution in [0.15, 0.2) is 30.3 Å². The number of carbonyl (C=O) groups is 2. The normalized spacial score (nSPS) is 11.3. The Labute approximate surface area is 132 Å². The van der Waals surface area contributed by atoms with Crippen LogP contribution in [-0.2, 0) is 20.9 Å². The van der Waals surface area contributed by atoms with Crippen molar-refractivity contribution in [3.63, 3.8) is 0 Å². The molecule has 0 atom stereocenters. The monoisotopic (exact) mass is 306 g/mol. The lowest BCUT2D eigenvalue weighted by molar-refractivity contribution is -0.150. The minimum absolute atomic E-state index is 0.0631. The highest BCUT2D eigenvalue weighted by molar-refractivity contribution is 5.86. The Hall–Kier alpha value is -1.88. The molecular formula is C17H26N2O3. The molecule has 0 aliphatic heterocycles. The minimum atomic E-state index is -0.778. The first-order valence-electron chi connectivity index (χ1n) is 7.44. The summed E-state index contributed by atoms with van der Waals surface area (Å²) in [5.74, 6) is -0.498. The molecular weight excluding hydrogens is 280 g/mol. The van der Waals surface area contributed by atoms with Crippen LogP contribution in [0.5, 0.6) is 0 Å². The maximum Gasteiger partial charge on any atom is 0.307 e. The van der Waals surface area contributed by atoms with E-state index in [2.05, 4.69) is 5.32 Å². The van der Waals surface area contributed by atoms with E-state index in [1.165, 1.54) is 0 Å². The number of carbonyl (C=O) groups excluding carboxylic acids is 2. The summed E-state index contributed by atoms with van der Waals surface area (Å²) in [6, 6.07) is 9.49. The number of rotatable bonds is 8. The van der Waals surface area contributed by atoms with E-state index in [0.717, 1.165) is 12.1 Å². The van der Waals surface area contributed by atoms with Crippen LogP contribution in [0, 0.1) is 5.41 Å². The third kappa shape index (κ3) is 6.72. The molecule has 0 spiro atoms. The lowest BCUT2D eigenvalue weighted by Gasteiger charge is -2.23. The standard InChI is InChI=1S/C17H26N2O3/c1-17(2,16(21)18-10-11-19(3)4)12-15(20)22-13-14-8-6-5-7-9-14/h5-9H,10-13H2,1-4H3,(H,18,21). The predicted octanol–water partition coefficient (Wildman–Crippen LogP) is 1.82. The zero-order valence-corrected chi connectivity index (χ0v) is 13.9. The Morgan fingerprint density at radius 1 is 1.18 bits per heavy atom. The summed E-state index contributed by atoms with van der Waals surface area (Å²) in [5, 5.41) is 2.85. The number of nitrogens with one attached hydrogen (secondary N) is 1. The van der Waals surface area contributed by atoms with Crippen LogP contribution in [0.25, 0.3) is 0 Å². The van der Waals surface area contributed by atoms with E-state index in [0.29, 0.717) is 6.54 Å². The molecule has 0 unspecified atom stereocenters. The highest BCUT2D eigenvalue weighted by atomic mass is 16.5. The van der Waals surface area contributed by atoms with Gasteiger partial charge in [-0.3, -0.25) is 9.59 Å². The minimum Gasteiger partial charge on any atom is -0.461 e. The van der Waals surface area contributed by atoms with Crippen molar-refractivity contribution in [2.24, 2.45) is 5.41 Å². The molecule has 5 heteroatoms. The smallest absolute Gasteiger partial charge is 0.307 e. The molecule has 122 valence electrons. The predicted molar refractivity (Wildman–Crippen MR) is 86.2 cm³/mol. The van der Waals surface area contributed by atoms with Crippen LogP contribution >= 0.6 is 0 Å². The third-order valence-corrected chi connectivity index (χ3v) is 3.29. The van der Waals surface area contributed by atoms with Gasteiger partial charge in [-0.15, -0.1) is 0 Å². The highest BCUT2D eigenvalue weighted by Crippen LogP contribution is 2.21. The zero-order valence-electron chi connectivity index (χ0n) is 13.9. The fraction of sp³-hybridized carbons (Fsp3) is 0.529. The van der Waals surface area contributed by atoms with Gasteiger partial charge in [-0.2, -0.15) is 0 Å². The van der Waals surface area contributed by atoms with E-state index >= 15 is 0 Å². The van der Waals surface area contributed by atoms with Gasteiger partial charge >= 0.3 is 5.97 Å². The van der Waals surface area contributed by atoms with E-state index in [1.807, 2.05) is 49.3 Å². The maximum absolute atomic E-state index is 12.1. The number of hydrogen-bond donors (Lipinski definition) is 1. The Morgan fingerprint density at radius 2 is 1.82 bits per heavy atom. The summed E-state index contributed by atoms with van der Waals surface area (Å²) >= 11 is 0. The van der Waals surface area contributed by atoms with Gasteiger partial charge in [0.05, 0.1) is 11.8 Å². The molecule has 0 aliphatic carbocycles. The Morgan fingerprint density at radius 3 is 2.41 bits per heavy atom. The van der Waals surface area contributed by atoms with E-state index in [1.54, 1.807) is 13.8 Å². The fourth-order valence-electron chi connectivity index (χ4n) is 1.86. The van der Waals surface area contributed by atoms with Gasteiger partial charge in [-0.05, 0) is 19.7 Å². The van der Waals surface area contributed by atoms with Gasteiger partial charge in [0.2, 0.25) is 5.91 Å². The first-order valence-corrected chi connectivity index (χ1v) is 7.44. The number of esters is 1. The second-order valence-electron chi connectivity index (χ2n) is 6.27. The van der Waals surface area contributed by atoms with Crippen molar-refractivity contribution in [3.8, 4) is 0 Å². The molecule has 0 aromatic heterocycles. The van der Waals surface area contributed by atoms with Crippen LogP contribution in [0.1, 0.15) is 25.8 Å². The van der Waals surface area contributed by atoms with Gasteiger partial charge in [0, 0.05) is 13.1 Å². The van der Waals surface area contributed by atoms with Crippen LogP contribution < -0.4 is 5.32 Å². The average molecular weight is 306 g/mol. The molecule has 0 fully saturated rings. The lowest BCUT2D eigenvalue weighted by Crippen LogP contribution is -2.41. The second-order valence-corrected chi connectivity index (χ2v) is 6.27. The molecule has 0 heterocycles. The van der Waals surface area contributed by atoms with E-state index in [9.17, 15) is 9.59 Å². The van der Waals surface area contributed by atoms with Gasteiger partial charge < -0.3 is 15.0 Å². The molecule has 1 aromatic rings. The lowest BCUT2D eigenvalue weighted by atomic mass is 9.88. The SMILES string of the molecule is CN(C)CCNC(=O)C(C)(C)CC(=O)OCc1ccccc1.